The van der Waals surface area contributed by atoms with Crippen LogP contribution in [-0.4, -0.2) is 39.2 Å². The van der Waals surface area contributed by atoms with Crippen LogP contribution < -0.4 is 16.1 Å². The lowest BCUT2D eigenvalue weighted by atomic mass is 10.2. The van der Waals surface area contributed by atoms with Crippen LogP contribution in [0.15, 0.2) is 35.4 Å². The van der Waals surface area contributed by atoms with E-state index in [-0.39, 0.29) is 11.6 Å². The minimum Gasteiger partial charge on any atom is -0.354 e. The first-order valence-electron chi connectivity index (χ1n) is 8.07. The molecular weight excluding hydrogens is 336 g/mol. The number of nitrogens with one attached hydrogen (secondary N) is 3. The van der Waals surface area contributed by atoms with Gasteiger partial charge >= 0.3 is 0 Å². The molecule has 1 aromatic heterocycles. The summed E-state index contributed by atoms with van der Waals surface area (Å²) in [6.45, 7) is 5.23. The molecule has 0 fully saturated rings. The van der Waals surface area contributed by atoms with Gasteiger partial charge in [0.15, 0.2) is 0 Å². The van der Waals surface area contributed by atoms with Crippen LogP contribution in [0.1, 0.15) is 19.4 Å². The Morgan fingerprint density at radius 2 is 1.69 bits per heavy atom. The van der Waals surface area contributed by atoms with Gasteiger partial charge in [-0.05, 0) is 32.1 Å². The van der Waals surface area contributed by atoms with Crippen LogP contribution in [0.3, 0.4) is 0 Å². The number of nitro benzene ring substituents is 1. The first-order chi connectivity index (χ1) is 12.6. The summed E-state index contributed by atoms with van der Waals surface area (Å²) in [4.78, 5) is 23.1. The molecule has 10 heteroatoms. The molecule has 0 amide bonds. The fraction of sp³-hybridized carbons (Fsp3) is 0.250. The van der Waals surface area contributed by atoms with Crippen LogP contribution in [0.4, 0.5) is 23.5 Å². The lowest BCUT2D eigenvalue weighted by Crippen LogP contribution is -2.10. The Balaban J connectivity index is 2.05. The van der Waals surface area contributed by atoms with Gasteiger partial charge < -0.3 is 10.6 Å². The predicted molar refractivity (Wildman–Crippen MR) is 102 cm³/mol. The first kappa shape index (κ1) is 18.8. The molecule has 136 valence electrons. The molecule has 3 N–H and O–H groups in total. The van der Waals surface area contributed by atoms with Crippen LogP contribution in [0, 0.1) is 10.1 Å². The number of aromatic nitrogens is 3. The van der Waals surface area contributed by atoms with E-state index in [0.29, 0.717) is 30.5 Å². The summed E-state index contributed by atoms with van der Waals surface area (Å²) in [6, 6.07) is 6.46. The standard InChI is InChI=1S/C16H20N8O2/c1-3-17-14-20-15(18-4-2)22-16(21-14)23-19-11-7-9-12-8-5-6-10-13(12)24(25)26/h5-11H,3-4H2,1-2H3,(H3,17,18,20,21,22,23)/b9-7+,19-11+. The monoisotopic (exact) mass is 356 g/mol. The molecule has 0 aliphatic rings. The van der Waals surface area contributed by atoms with Crippen molar-refractivity contribution in [2.45, 2.75) is 13.8 Å². The molecule has 0 atom stereocenters. The molecule has 0 saturated heterocycles. The highest BCUT2D eigenvalue weighted by molar-refractivity contribution is 5.80. The van der Waals surface area contributed by atoms with Crippen molar-refractivity contribution in [3.05, 3.63) is 46.0 Å². The van der Waals surface area contributed by atoms with Crippen molar-refractivity contribution < 1.29 is 4.92 Å². The van der Waals surface area contributed by atoms with Gasteiger partial charge in [-0.1, -0.05) is 12.1 Å². The maximum atomic E-state index is 11.0. The van der Waals surface area contributed by atoms with Crippen molar-refractivity contribution in [2.24, 2.45) is 5.10 Å². The van der Waals surface area contributed by atoms with Crippen molar-refractivity contribution in [2.75, 3.05) is 29.1 Å². The van der Waals surface area contributed by atoms with Crippen molar-refractivity contribution in [1.82, 2.24) is 15.0 Å². The van der Waals surface area contributed by atoms with E-state index in [1.165, 1.54) is 12.3 Å². The Bertz CT molecular complexity index is 782. The number of rotatable bonds is 9. The molecule has 0 saturated carbocycles. The van der Waals surface area contributed by atoms with Crippen molar-refractivity contribution >= 4 is 35.8 Å². The summed E-state index contributed by atoms with van der Waals surface area (Å²) >= 11 is 0. The molecule has 2 rings (SSSR count). The molecule has 0 spiro atoms. The fourth-order valence-corrected chi connectivity index (χ4v) is 1.98. The number of benzene rings is 1. The minimum atomic E-state index is -0.426. The Hall–Kier alpha value is -3.56. The molecule has 0 bridgehead atoms. The van der Waals surface area contributed by atoms with Gasteiger partial charge in [-0.2, -0.15) is 20.1 Å². The van der Waals surface area contributed by atoms with E-state index in [2.05, 4.69) is 36.1 Å². The van der Waals surface area contributed by atoms with Gasteiger partial charge in [-0.15, -0.1) is 0 Å². The second kappa shape index (κ2) is 9.67. The number of hydrazone groups is 1. The van der Waals surface area contributed by atoms with Gasteiger partial charge in [0.2, 0.25) is 17.8 Å². The lowest BCUT2D eigenvalue weighted by molar-refractivity contribution is -0.385. The number of anilines is 3. The number of hydrogen-bond acceptors (Lipinski definition) is 9. The summed E-state index contributed by atoms with van der Waals surface area (Å²) in [6.07, 6.45) is 4.65. The van der Waals surface area contributed by atoms with E-state index in [1.54, 1.807) is 30.4 Å². The van der Waals surface area contributed by atoms with E-state index in [0.717, 1.165) is 0 Å². The van der Waals surface area contributed by atoms with Gasteiger partial charge in [0, 0.05) is 25.4 Å². The highest BCUT2D eigenvalue weighted by Crippen LogP contribution is 2.18. The highest BCUT2D eigenvalue weighted by atomic mass is 16.6. The van der Waals surface area contributed by atoms with Crippen LogP contribution in [-0.2, 0) is 0 Å². The number of nitrogens with zero attached hydrogens (tertiary/aromatic N) is 5. The first-order valence-corrected chi connectivity index (χ1v) is 8.07. The van der Waals surface area contributed by atoms with Gasteiger partial charge in [0.25, 0.3) is 5.69 Å². The number of nitro groups is 1. The Kier molecular flexibility index (Phi) is 6.98. The van der Waals surface area contributed by atoms with Gasteiger partial charge in [0.05, 0.1) is 10.5 Å². The fourth-order valence-electron chi connectivity index (χ4n) is 1.98. The second-order valence-electron chi connectivity index (χ2n) is 4.93. The van der Waals surface area contributed by atoms with Crippen LogP contribution in [0.2, 0.25) is 0 Å². The average molecular weight is 356 g/mol. The Morgan fingerprint density at radius 3 is 2.31 bits per heavy atom. The molecule has 10 nitrogen and oxygen atoms in total. The molecule has 1 aromatic carbocycles. The van der Waals surface area contributed by atoms with Gasteiger partial charge in [-0.25, -0.2) is 5.43 Å². The molecule has 0 radical (unpaired) electrons. The average Bonchev–Trinajstić information content (AvgIpc) is 2.62. The van der Waals surface area contributed by atoms with E-state index in [4.69, 9.17) is 0 Å². The lowest BCUT2D eigenvalue weighted by Gasteiger charge is -2.07. The molecule has 1 heterocycles. The quantitative estimate of drug-likeness (QED) is 0.355. The minimum absolute atomic E-state index is 0.0353. The summed E-state index contributed by atoms with van der Waals surface area (Å²) in [5, 5.41) is 21.0. The van der Waals surface area contributed by atoms with Gasteiger partial charge in [0.1, 0.15) is 0 Å². The third kappa shape index (κ3) is 5.51. The van der Waals surface area contributed by atoms with E-state index < -0.39 is 4.92 Å². The van der Waals surface area contributed by atoms with E-state index in [9.17, 15) is 10.1 Å². The normalized spacial score (nSPS) is 11.0. The molecule has 2 aromatic rings. The van der Waals surface area contributed by atoms with Crippen molar-refractivity contribution in [3.63, 3.8) is 0 Å². The zero-order valence-electron chi connectivity index (χ0n) is 14.5. The van der Waals surface area contributed by atoms with Crippen molar-refractivity contribution in [3.8, 4) is 0 Å². The smallest absolute Gasteiger partial charge is 0.276 e. The van der Waals surface area contributed by atoms with Crippen LogP contribution >= 0.6 is 0 Å². The Labute approximate surface area is 150 Å². The largest absolute Gasteiger partial charge is 0.354 e. The molecular formula is C16H20N8O2. The molecule has 0 unspecified atom stereocenters. The molecule has 26 heavy (non-hydrogen) atoms. The number of para-hydroxylation sites is 1. The third-order valence-electron chi connectivity index (χ3n) is 3.04. The second-order valence-corrected chi connectivity index (χ2v) is 4.93. The third-order valence-corrected chi connectivity index (χ3v) is 3.04. The topological polar surface area (TPSA) is 130 Å². The maximum Gasteiger partial charge on any atom is 0.276 e. The van der Waals surface area contributed by atoms with Crippen LogP contribution in [0.5, 0.6) is 0 Å². The van der Waals surface area contributed by atoms with Crippen molar-refractivity contribution in [1.29, 1.82) is 0 Å². The van der Waals surface area contributed by atoms with E-state index in [1.807, 2.05) is 13.8 Å². The zero-order chi connectivity index (χ0) is 18.8. The molecule has 0 aliphatic carbocycles. The van der Waals surface area contributed by atoms with Crippen LogP contribution in [0.25, 0.3) is 6.08 Å². The SMILES string of the molecule is CCNc1nc(NCC)nc(N/N=C/C=C/c2ccccc2[N+](=O)[O-])n1. The summed E-state index contributed by atoms with van der Waals surface area (Å²) < 4.78 is 0. The summed E-state index contributed by atoms with van der Waals surface area (Å²) in [7, 11) is 0. The molecule has 0 aliphatic heterocycles. The predicted octanol–water partition coefficient (Wildman–Crippen LogP) is 2.75. The number of hydrogen-bond donors (Lipinski definition) is 3. The van der Waals surface area contributed by atoms with Gasteiger partial charge in [-0.3, -0.25) is 10.1 Å². The number of allylic oxidation sites excluding steroid dienone is 1. The summed E-state index contributed by atoms with van der Waals surface area (Å²) in [5.74, 6) is 1.15. The highest BCUT2D eigenvalue weighted by Gasteiger charge is 2.08. The Morgan fingerprint density at radius 1 is 1.08 bits per heavy atom. The van der Waals surface area contributed by atoms with E-state index >= 15 is 0 Å². The summed E-state index contributed by atoms with van der Waals surface area (Å²) in [5.41, 5.74) is 3.24. The zero-order valence-corrected chi connectivity index (χ0v) is 14.5. The maximum absolute atomic E-state index is 11.0.